The number of hydrogen-bond donors (Lipinski definition) is 1. The van der Waals surface area contributed by atoms with E-state index in [1.165, 1.54) is 16.2 Å². The van der Waals surface area contributed by atoms with Gasteiger partial charge in [-0.2, -0.15) is 0 Å². The first-order chi connectivity index (χ1) is 13.2. The molecule has 0 bridgehead atoms. The quantitative estimate of drug-likeness (QED) is 0.541. The van der Waals surface area contributed by atoms with Crippen LogP contribution in [0.15, 0.2) is 41.8 Å². The molecule has 3 heterocycles. The number of hydrogen-bond acceptors (Lipinski definition) is 7. The highest BCUT2D eigenvalue weighted by Crippen LogP contribution is 2.48. The summed E-state index contributed by atoms with van der Waals surface area (Å²) in [5.74, 6) is 2.90. The Morgan fingerprint density at radius 2 is 2.04 bits per heavy atom. The van der Waals surface area contributed by atoms with Gasteiger partial charge in [0.15, 0.2) is 11.7 Å². The first kappa shape index (κ1) is 18.9. The predicted molar refractivity (Wildman–Crippen MR) is 118 cm³/mol. The van der Waals surface area contributed by atoms with Crippen molar-refractivity contribution in [2.45, 2.75) is 11.5 Å². The van der Waals surface area contributed by atoms with Crippen LogP contribution < -0.4 is 10.1 Å². The maximum absolute atomic E-state index is 12.3. The second-order valence-corrected chi connectivity index (χ2v) is 10.8. The Hall–Kier alpha value is -1.48. The fourth-order valence-corrected chi connectivity index (χ4v) is 7.20. The number of thiophene rings is 1. The number of nitrogens with one attached hydrogen (secondary N) is 1. The first-order valence-electron chi connectivity index (χ1n) is 8.46. The van der Waals surface area contributed by atoms with Gasteiger partial charge in [0, 0.05) is 27.3 Å². The van der Waals surface area contributed by atoms with Gasteiger partial charge < -0.3 is 4.74 Å². The van der Waals surface area contributed by atoms with E-state index in [0.29, 0.717) is 9.71 Å². The van der Waals surface area contributed by atoms with E-state index in [0.717, 1.165) is 33.4 Å². The van der Waals surface area contributed by atoms with Crippen LogP contribution in [0.1, 0.15) is 15.0 Å². The molecule has 1 aliphatic rings. The molecule has 1 aromatic carbocycles. The summed E-state index contributed by atoms with van der Waals surface area (Å²) in [5, 5.41) is 5.40. The second kappa shape index (κ2) is 8.68. The van der Waals surface area contributed by atoms with E-state index in [4.69, 9.17) is 4.74 Å². The van der Waals surface area contributed by atoms with Gasteiger partial charge in [0.05, 0.1) is 15.2 Å². The Bertz CT molecular complexity index is 931. The zero-order valence-corrected chi connectivity index (χ0v) is 17.9. The number of rotatable bonds is 6. The molecule has 1 amide bonds. The van der Waals surface area contributed by atoms with E-state index in [-0.39, 0.29) is 12.5 Å². The minimum atomic E-state index is -0.195. The molecular weight excluding hydrogens is 416 g/mol. The summed E-state index contributed by atoms with van der Waals surface area (Å²) < 4.78 is 6.21. The Balaban J connectivity index is 1.36. The highest BCUT2D eigenvalue weighted by Gasteiger charge is 2.22. The summed E-state index contributed by atoms with van der Waals surface area (Å²) in [6.07, 6.45) is 0. The molecule has 1 aliphatic heterocycles. The summed E-state index contributed by atoms with van der Waals surface area (Å²) in [7, 11) is 0. The SMILES string of the molecule is Cc1ccc(-c2csc(NC(=O)COc3ccccc3C3SCCS3)n2)s1. The number of anilines is 1. The maximum Gasteiger partial charge on any atom is 0.264 e. The van der Waals surface area contributed by atoms with E-state index in [2.05, 4.69) is 35.4 Å². The molecule has 0 unspecified atom stereocenters. The van der Waals surface area contributed by atoms with Crippen LogP contribution in [-0.4, -0.2) is 29.0 Å². The molecule has 0 aliphatic carbocycles. The molecule has 0 radical (unpaired) electrons. The smallest absolute Gasteiger partial charge is 0.264 e. The average molecular weight is 435 g/mol. The van der Waals surface area contributed by atoms with E-state index in [9.17, 15) is 4.79 Å². The number of para-hydroxylation sites is 1. The van der Waals surface area contributed by atoms with Crippen LogP contribution in [-0.2, 0) is 4.79 Å². The lowest BCUT2D eigenvalue weighted by Gasteiger charge is -2.14. The van der Waals surface area contributed by atoms with Gasteiger partial charge in [-0.25, -0.2) is 4.98 Å². The molecule has 1 fully saturated rings. The number of aromatic nitrogens is 1. The van der Waals surface area contributed by atoms with Crippen molar-refractivity contribution in [2.75, 3.05) is 23.4 Å². The van der Waals surface area contributed by atoms with Crippen LogP contribution in [0, 0.1) is 6.92 Å². The molecule has 1 N–H and O–H groups in total. The summed E-state index contributed by atoms with van der Waals surface area (Å²) in [6, 6.07) is 12.1. The van der Waals surface area contributed by atoms with Gasteiger partial charge in [-0.15, -0.1) is 46.2 Å². The fraction of sp³-hybridized carbons (Fsp3) is 0.263. The average Bonchev–Trinajstić information content (AvgIpc) is 3.42. The zero-order valence-electron chi connectivity index (χ0n) is 14.6. The van der Waals surface area contributed by atoms with E-state index in [1.54, 1.807) is 11.3 Å². The van der Waals surface area contributed by atoms with Crippen molar-refractivity contribution in [3.63, 3.8) is 0 Å². The first-order valence-corrected chi connectivity index (χ1v) is 12.3. The van der Waals surface area contributed by atoms with E-state index < -0.39 is 0 Å². The van der Waals surface area contributed by atoms with Crippen molar-refractivity contribution in [2.24, 2.45) is 0 Å². The normalized spacial score (nSPS) is 14.4. The summed E-state index contributed by atoms with van der Waals surface area (Å²) >= 11 is 6.97. The van der Waals surface area contributed by atoms with Crippen LogP contribution in [0.5, 0.6) is 5.75 Å². The number of carbonyl (C=O) groups excluding carboxylic acids is 1. The molecule has 4 nitrogen and oxygen atoms in total. The molecule has 140 valence electrons. The highest BCUT2D eigenvalue weighted by atomic mass is 32.2. The number of thioether (sulfide) groups is 2. The van der Waals surface area contributed by atoms with Crippen molar-refractivity contribution < 1.29 is 9.53 Å². The minimum absolute atomic E-state index is 0.0217. The Morgan fingerprint density at radius 3 is 2.81 bits per heavy atom. The topological polar surface area (TPSA) is 51.2 Å². The molecule has 8 heteroatoms. The third kappa shape index (κ3) is 4.68. The van der Waals surface area contributed by atoms with E-state index >= 15 is 0 Å². The molecule has 3 aromatic rings. The predicted octanol–water partition coefficient (Wildman–Crippen LogP) is 5.68. The van der Waals surface area contributed by atoms with Gasteiger partial charge in [0.25, 0.3) is 5.91 Å². The Morgan fingerprint density at radius 1 is 1.22 bits per heavy atom. The molecule has 1 saturated heterocycles. The second-order valence-electron chi connectivity index (χ2n) is 5.90. The number of thiazole rings is 1. The third-order valence-electron chi connectivity index (χ3n) is 3.90. The van der Waals surface area contributed by atoms with Crippen LogP contribution in [0.25, 0.3) is 10.6 Å². The largest absolute Gasteiger partial charge is 0.483 e. The Kier molecular flexibility index (Phi) is 6.07. The van der Waals surface area contributed by atoms with Crippen LogP contribution in [0.3, 0.4) is 0 Å². The summed E-state index contributed by atoms with van der Waals surface area (Å²) in [4.78, 5) is 19.2. The molecular formula is C19H18N2O2S4. The van der Waals surface area contributed by atoms with Crippen LogP contribution in [0.4, 0.5) is 5.13 Å². The standard InChI is InChI=1S/C19H18N2O2S4/c1-12-6-7-16(27-12)14-11-26-19(20-14)21-17(22)10-23-15-5-3-2-4-13(15)18-24-8-9-25-18/h2-7,11,18H,8-10H2,1H3,(H,20,21,22). The number of ether oxygens (including phenoxy) is 1. The number of aryl methyl sites for hydroxylation is 1. The van der Waals surface area contributed by atoms with Gasteiger partial charge in [0.1, 0.15) is 5.75 Å². The monoisotopic (exact) mass is 434 g/mol. The number of amides is 1. The maximum atomic E-state index is 12.3. The molecule has 0 saturated carbocycles. The Labute approximate surface area is 174 Å². The van der Waals surface area contributed by atoms with Crippen molar-refractivity contribution >= 4 is 57.2 Å². The molecule has 2 aromatic heterocycles. The number of nitrogens with zero attached hydrogens (tertiary/aromatic N) is 1. The van der Waals surface area contributed by atoms with Crippen molar-refractivity contribution in [3.8, 4) is 16.3 Å². The molecule has 0 atom stereocenters. The van der Waals surface area contributed by atoms with Crippen molar-refractivity contribution in [3.05, 3.63) is 52.2 Å². The number of benzene rings is 1. The lowest BCUT2D eigenvalue weighted by molar-refractivity contribution is -0.118. The van der Waals surface area contributed by atoms with Crippen LogP contribution >= 0.6 is 46.2 Å². The minimum Gasteiger partial charge on any atom is -0.483 e. The fourth-order valence-electron chi connectivity index (χ4n) is 2.66. The molecule has 27 heavy (non-hydrogen) atoms. The van der Waals surface area contributed by atoms with Crippen molar-refractivity contribution in [1.29, 1.82) is 0 Å². The van der Waals surface area contributed by atoms with Gasteiger partial charge >= 0.3 is 0 Å². The van der Waals surface area contributed by atoms with Gasteiger partial charge in [-0.3, -0.25) is 10.1 Å². The van der Waals surface area contributed by atoms with E-state index in [1.807, 2.05) is 47.1 Å². The number of carbonyl (C=O) groups is 1. The van der Waals surface area contributed by atoms with Gasteiger partial charge in [-0.05, 0) is 25.1 Å². The highest BCUT2D eigenvalue weighted by molar-refractivity contribution is 8.19. The van der Waals surface area contributed by atoms with Crippen LogP contribution in [0.2, 0.25) is 0 Å². The van der Waals surface area contributed by atoms with Gasteiger partial charge in [0.2, 0.25) is 0 Å². The third-order valence-corrected chi connectivity index (χ3v) is 8.75. The zero-order chi connectivity index (χ0) is 18.6. The summed E-state index contributed by atoms with van der Waals surface area (Å²) in [6.45, 7) is 2.05. The molecule has 0 spiro atoms. The molecule has 4 rings (SSSR count). The summed E-state index contributed by atoms with van der Waals surface area (Å²) in [5.41, 5.74) is 2.05. The van der Waals surface area contributed by atoms with Gasteiger partial charge in [-0.1, -0.05) is 18.2 Å². The lowest BCUT2D eigenvalue weighted by atomic mass is 10.2. The van der Waals surface area contributed by atoms with Crippen molar-refractivity contribution in [1.82, 2.24) is 4.98 Å². The lowest BCUT2D eigenvalue weighted by Crippen LogP contribution is -2.20.